The van der Waals surface area contributed by atoms with Gasteiger partial charge >= 0.3 is 5.97 Å². The summed E-state index contributed by atoms with van der Waals surface area (Å²) < 4.78 is 11.2. The van der Waals surface area contributed by atoms with Gasteiger partial charge in [-0.05, 0) is 49.8 Å². The van der Waals surface area contributed by atoms with Gasteiger partial charge in [-0.3, -0.25) is 9.59 Å². The fourth-order valence-corrected chi connectivity index (χ4v) is 4.91. The number of ether oxygens (including phenoxy) is 2. The highest BCUT2D eigenvalue weighted by Gasteiger charge is 2.85. The molecule has 1 saturated heterocycles. The van der Waals surface area contributed by atoms with Crippen LogP contribution in [0.5, 0.6) is 0 Å². The molecule has 0 bridgehead atoms. The molecule has 0 aromatic heterocycles. The molecule has 5 N–H and O–H groups in total. The van der Waals surface area contributed by atoms with Crippen molar-refractivity contribution in [2.75, 3.05) is 26.4 Å². The van der Waals surface area contributed by atoms with Crippen LogP contribution in [0.3, 0.4) is 0 Å². The zero-order valence-electron chi connectivity index (χ0n) is 20.3. The summed E-state index contributed by atoms with van der Waals surface area (Å²) in [7, 11) is 0. The first-order valence-electron chi connectivity index (χ1n) is 12.2. The number of dihydropyridines is 1. The second-order valence-electron chi connectivity index (χ2n) is 9.36. The van der Waals surface area contributed by atoms with Crippen molar-refractivity contribution < 1.29 is 34.1 Å². The van der Waals surface area contributed by atoms with Crippen molar-refractivity contribution in [2.24, 2.45) is 5.73 Å². The van der Waals surface area contributed by atoms with Crippen molar-refractivity contribution in [3.8, 4) is 0 Å². The summed E-state index contributed by atoms with van der Waals surface area (Å²) >= 11 is 0. The number of allylic oxidation sites excluding steroid dienone is 3. The Kier molecular flexibility index (Phi) is 7.44. The first-order chi connectivity index (χ1) is 17.3. The SMILES string of the molecule is CC(CCC1=CCNC(N)=C1)=C(CO)CC12OC1(C(=O)OCCCCO)C(=O)c1ccccc1C2=O. The molecule has 1 aliphatic carbocycles. The Labute approximate surface area is 209 Å². The molecule has 1 aromatic rings. The monoisotopic (exact) mass is 496 g/mol. The van der Waals surface area contributed by atoms with Gasteiger partial charge in [-0.15, -0.1) is 0 Å². The number of carbonyl (C=O) groups excluding carboxylic acids is 3. The normalized spacial score (nSPS) is 25.1. The van der Waals surface area contributed by atoms with Crippen LogP contribution in [-0.2, 0) is 14.3 Å². The minimum atomic E-state index is -2.08. The Morgan fingerprint density at radius 1 is 1.17 bits per heavy atom. The molecular formula is C27H32N2O7. The minimum absolute atomic E-state index is 0.00789. The number of aliphatic hydroxyl groups excluding tert-OH is 2. The molecule has 0 spiro atoms. The van der Waals surface area contributed by atoms with Gasteiger partial charge in [-0.1, -0.05) is 35.9 Å². The third kappa shape index (κ3) is 4.38. The number of epoxide rings is 1. The van der Waals surface area contributed by atoms with Crippen LogP contribution in [0, 0.1) is 0 Å². The van der Waals surface area contributed by atoms with E-state index in [-0.39, 0.29) is 37.4 Å². The second-order valence-corrected chi connectivity index (χ2v) is 9.36. The van der Waals surface area contributed by atoms with Gasteiger partial charge in [0.2, 0.25) is 5.78 Å². The number of esters is 1. The number of carbonyl (C=O) groups is 3. The molecule has 2 heterocycles. The van der Waals surface area contributed by atoms with Gasteiger partial charge < -0.3 is 30.7 Å². The molecule has 2 aliphatic heterocycles. The molecule has 1 fully saturated rings. The van der Waals surface area contributed by atoms with Crippen LogP contribution in [-0.4, -0.2) is 65.3 Å². The van der Waals surface area contributed by atoms with E-state index < -0.39 is 28.7 Å². The number of hydrogen-bond acceptors (Lipinski definition) is 9. The highest BCUT2D eigenvalue weighted by molar-refractivity contribution is 6.32. The van der Waals surface area contributed by atoms with Crippen LogP contribution in [0.2, 0.25) is 0 Å². The average Bonchev–Trinajstić information content (AvgIpc) is 3.59. The van der Waals surface area contributed by atoms with E-state index in [1.807, 2.05) is 19.1 Å². The molecule has 2 unspecified atom stereocenters. The number of nitrogens with two attached hydrogens (primary N) is 1. The quantitative estimate of drug-likeness (QED) is 0.118. The molecule has 0 saturated carbocycles. The van der Waals surface area contributed by atoms with Gasteiger partial charge in [0, 0.05) is 30.7 Å². The predicted molar refractivity (Wildman–Crippen MR) is 131 cm³/mol. The van der Waals surface area contributed by atoms with E-state index in [0.717, 1.165) is 11.1 Å². The van der Waals surface area contributed by atoms with Gasteiger partial charge in [0.1, 0.15) is 0 Å². The molecule has 3 aliphatic rings. The Balaban J connectivity index is 1.62. The van der Waals surface area contributed by atoms with Crippen LogP contribution >= 0.6 is 0 Å². The third-order valence-corrected chi connectivity index (χ3v) is 7.09. The lowest BCUT2D eigenvalue weighted by molar-refractivity contribution is -0.148. The average molecular weight is 497 g/mol. The van der Waals surface area contributed by atoms with Crippen LogP contribution in [0.15, 0.2) is 59.0 Å². The van der Waals surface area contributed by atoms with E-state index in [9.17, 15) is 19.5 Å². The summed E-state index contributed by atoms with van der Waals surface area (Å²) in [5.74, 6) is -1.40. The van der Waals surface area contributed by atoms with Gasteiger partial charge in [-0.25, -0.2) is 4.79 Å². The molecule has 0 amide bonds. The number of benzene rings is 1. The summed E-state index contributed by atoms with van der Waals surface area (Å²) in [6.07, 6.45) is 5.91. The predicted octanol–water partition coefficient (Wildman–Crippen LogP) is 1.70. The highest BCUT2D eigenvalue weighted by atomic mass is 16.7. The Hall–Kier alpha value is -3.27. The van der Waals surface area contributed by atoms with E-state index >= 15 is 0 Å². The topological polar surface area (TPSA) is 151 Å². The number of nitrogens with one attached hydrogen (secondary N) is 1. The van der Waals surface area contributed by atoms with Gasteiger partial charge in [-0.2, -0.15) is 0 Å². The lowest BCUT2D eigenvalue weighted by Crippen LogP contribution is -2.51. The van der Waals surface area contributed by atoms with Crippen molar-refractivity contribution in [1.29, 1.82) is 0 Å². The summed E-state index contributed by atoms with van der Waals surface area (Å²) in [4.78, 5) is 40.4. The maximum atomic E-state index is 13.7. The molecule has 36 heavy (non-hydrogen) atoms. The number of fused-ring (bicyclic) bond motifs is 2. The minimum Gasteiger partial charge on any atom is -0.463 e. The number of ketones is 2. The number of aliphatic hydroxyl groups is 2. The van der Waals surface area contributed by atoms with Crippen LogP contribution in [0.25, 0.3) is 0 Å². The fraction of sp³-hybridized carbons (Fsp3) is 0.444. The summed E-state index contributed by atoms with van der Waals surface area (Å²) in [6.45, 7) is 2.10. The molecule has 9 nitrogen and oxygen atoms in total. The zero-order chi connectivity index (χ0) is 25.9. The number of unbranched alkanes of at least 4 members (excludes halogenated alkanes) is 1. The molecule has 9 heteroatoms. The fourth-order valence-electron chi connectivity index (χ4n) is 4.91. The Bertz CT molecular complexity index is 1170. The number of rotatable bonds is 11. The summed E-state index contributed by atoms with van der Waals surface area (Å²) in [6, 6.07) is 6.33. The van der Waals surface area contributed by atoms with Crippen LogP contribution in [0.4, 0.5) is 0 Å². The summed E-state index contributed by atoms with van der Waals surface area (Å²) in [5, 5.41) is 22.2. The Morgan fingerprint density at radius 3 is 2.56 bits per heavy atom. The standard InChI is InChI=1S/C27H32N2O7/c1-17(8-9-18-10-11-29-22(28)14-18)19(16-31)15-26-23(32)20-6-2-3-7-21(20)24(33)27(26,36-26)25(34)35-13-5-4-12-30/h2-3,6-7,10,14,29-31H,4-5,8-9,11-13,15-16,28H2,1H3. The molecule has 192 valence electrons. The highest BCUT2D eigenvalue weighted by Crippen LogP contribution is 2.59. The number of Topliss-reactive ketones (excluding diaryl/α,β-unsaturated/α-hetero) is 2. The third-order valence-electron chi connectivity index (χ3n) is 7.09. The largest absolute Gasteiger partial charge is 0.463 e. The van der Waals surface area contributed by atoms with E-state index in [1.165, 1.54) is 6.07 Å². The first kappa shape index (κ1) is 25.8. The summed E-state index contributed by atoms with van der Waals surface area (Å²) in [5.41, 5.74) is 4.76. The maximum absolute atomic E-state index is 13.7. The lowest BCUT2D eigenvalue weighted by atomic mass is 9.71. The van der Waals surface area contributed by atoms with E-state index in [4.69, 9.17) is 20.3 Å². The van der Waals surface area contributed by atoms with Crippen molar-refractivity contribution in [2.45, 2.75) is 50.2 Å². The van der Waals surface area contributed by atoms with Gasteiger partial charge in [0.15, 0.2) is 11.4 Å². The molecule has 2 atom stereocenters. The molecule has 0 radical (unpaired) electrons. The lowest BCUT2D eigenvalue weighted by Gasteiger charge is -2.25. The van der Waals surface area contributed by atoms with Crippen molar-refractivity contribution >= 4 is 17.5 Å². The van der Waals surface area contributed by atoms with E-state index in [2.05, 4.69) is 5.32 Å². The van der Waals surface area contributed by atoms with Gasteiger partial charge in [0.05, 0.1) is 19.0 Å². The van der Waals surface area contributed by atoms with Crippen molar-refractivity contribution in [3.63, 3.8) is 0 Å². The molecule has 1 aromatic carbocycles. The number of hydrogen-bond donors (Lipinski definition) is 4. The van der Waals surface area contributed by atoms with Crippen LogP contribution in [0.1, 0.15) is 59.7 Å². The van der Waals surface area contributed by atoms with Crippen LogP contribution < -0.4 is 11.1 Å². The Morgan fingerprint density at radius 2 is 1.89 bits per heavy atom. The van der Waals surface area contributed by atoms with Crippen molar-refractivity contribution in [3.05, 3.63) is 70.1 Å². The molecule has 4 rings (SSSR count). The second kappa shape index (κ2) is 10.4. The maximum Gasteiger partial charge on any atom is 0.350 e. The van der Waals surface area contributed by atoms with Crippen molar-refractivity contribution in [1.82, 2.24) is 5.32 Å². The molecular weight excluding hydrogens is 464 g/mol. The zero-order valence-corrected chi connectivity index (χ0v) is 20.3. The van der Waals surface area contributed by atoms with E-state index in [1.54, 1.807) is 18.2 Å². The van der Waals surface area contributed by atoms with E-state index in [0.29, 0.717) is 43.6 Å². The first-order valence-corrected chi connectivity index (χ1v) is 12.2. The van der Waals surface area contributed by atoms with Gasteiger partial charge in [0.25, 0.3) is 5.60 Å². The smallest absolute Gasteiger partial charge is 0.350 e.